The maximum Gasteiger partial charge on any atom is 0.0924 e. The molecule has 4 nitrogen and oxygen atoms in total. The van der Waals surface area contributed by atoms with Crippen LogP contribution in [0.3, 0.4) is 0 Å². The molecule has 0 aromatic heterocycles. The Morgan fingerprint density at radius 2 is 2.05 bits per heavy atom. The average molecular weight is 260 g/mol. The van der Waals surface area contributed by atoms with Crippen LogP contribution >= 0.6 is 0 Å². The van der Waals surface area contributed by atoms with E-state index in [2.05, 4.69) is 48.0 Å². The van der Waals surface area contributed by atoms with Crippen LogP contribution in [0.15, 0.2) is 30.3 Å². The normalized spacial score (nSPS) is 23.2. The number of rotatable bonds is 4. The minimum absolute atomic E-state index is 0.231. The lowest BCUT2D eigenvalue weighted by Crippen LogP contribution is -2.51. The number of nitrogens with one attached hydrogen (secondary N) is 1. The van der Waals surface area contributed by atoms with Gasteiger partial charge < -0.3 is 10.6 Å². The molecule has 2 rings (SSSR count). The van der Waals surface area contributed by atoms with E-state index in [0.717, 1.165) is 19.6 Å². The number of nitrogens with zero attached hydrogens (tertiary/aromatic N) is 2. The molecule has 1 aromatic carbocycles. The molecule has 3 N–H and O–H groups in total. The zero-order chi connectivity index (χ0) is 13.8. The van der Waals surface area contributed by atoms with Crippen LogP contribution in [0, 0.1) is 5.41 Å². The van der Waals surface area contributed by atoms with Crippen molar-refractivity contribution in [2.45, 2.75) is 25.4 Å². The molecule has 0 aliphatic carbocycles. The van der Waals surface area contributed by atoms with Crippen molar-refractivity contribution >= 4 is 5.84 Å². The molecule has 1 aliphatic rings. The fourth-order valence-corrected chi connectivity index (χ4v) is 2.70. The third-order valence-corrected chi connectivity index (χ3v) is 4.03. The summed E-state index contributed by atoms with van der Waals surface area (Å²) in [6, 6.07) is 11.2. The molecule has 0 radical (unpaired) electrons. The second-order valence-corrected chi connectivity index (χ2v) is 5.48. The van der Waals surface area contributed by atoms with Gasteiger partial charge in [-0.2, -0.15) is 0 Å². The number of amidine groups is 1. The highest BCUT2D eigenvalue weighted by Crippen LogP contribution is 2.26. The van der Waals surface area contributed by atoms with Crippen LogP contribution in [0.4, 0.5) is 0 Å². The molecule has 1 aromatic rings. The quantitative estimate of drug-likeness (QED) is 0.640. The van der Waals surface area contributed by atoms with Gasteiger partial charge in [-0.3, -0.25) is 10.3 Å². The molecule has 0 spiro atoms. The van der Waals surface area contributed by atoms with E-state index < -0.39 is 0 Å². The lowest BCUT2D eigenvalue weighted by atomic mass is 9.99. The van der Waals surface area contributed by atoms with Crippen LogP contribution in [0.1, 0.15) is 24.9 Å². The van der Waals surface area contributed by atoms with Gasteiger partial charge in [0.05, 0.1) is 5.84 Å². The summed E-state index contributed by atoms with van der Waals surface area (Å²) < 4.78 is 0. The third kappa shape index (κ3) is 3.55. The van der Waals surface area contributed by atoms with Gasteiger partial charge in [-0.05, 0) is 19.5 Å². The summed E-state index contributed by atoms with van der Waals surface area (Å²) in [7, 11) is 2.17. The van der Waals surface area contributed by atoms with Crippen LogP contribution in [0.2, 0.25) is 0 Å². The summed E-state index contributed by atoms with van der Waals surface area (Å²) in [6.45, 7) is 5.39. The first-order valence-electron chi connectivity index (χ1n) is 6.90. The Morgan fingerprint density at radius 3 is 2.63 bits per heavy atom. The highest BCUT2D eigenvalue weighted by Gasteiger charge is 2.27. The summed E-state index contributed by atoms with van der Waals surface area (Å²) in [6.07, 6.45) is 0.612. The summed E-state index contributed by atoms with van der Waals surface area (Å²) in [4.78, 5) is 4.84. The SMILES string of the molecule is CC1CN(C(CC(=N)N)c2ccccc2)CCN1C. The molecule has 2 atom stereocenters. The smallest absolute Gasteiger partial charge is 0.0924 e. The van der Waals surface area contributed by atoms with Crippen LogP contribution in [-0.4, -0.2) is 48.4 Å². The van der Waals surface area contributed by atoms with Crippen molar-refractivity contribution in [1.29, 1.82) is 5.41 Å². The molecule has 0 saturated carbocycles. The molecule has 4 heteroatoms. The maximum absolute atomic E-state index is 7.62. The minimum atomic E-state index is 0.231. The van der Waals surface area contributed by atoms with E-state index in [9.17, 15) is 0 Å². The molecular formula is C15H24N4. The molecule has 0 amide bonds. The summed E-state index contributed by atoms with van der Waals surface area (Å²) in [5.74, 6) is 0.264. The maximum atomic E-state index is 7.62. The Morgan fingerprint density at radius 1 is 1.37 bits per heavy atom. The number of piperazine rings is 1. The van der Waals surface area contributed by atoms with Gasteiger partial charge >= 0.3 is 0 Å². The molecule has 19 heavy (non-hydrogen) atoms. The van der Waals surface area contributed by atoms with E-state index in [0.29, 0.717) is 12.5 Å². The van der Waals surface area contributed by atoms with Crippen molar-refractivity contribution < 1.29 is 0 Å². The third-order valence-electron chi connectivity index (χ3n) is 4.03. The highest BCUT2D eigenvalue weighted by molar-refractivity contribution is 5.77. The Bertz CT molecular complexity index is 417. The number of hydrogen-bond donors (Lipinski definition) is 2. The van der Waals surface area contributed by atoms with E-state index in [4.69, 9.17) is 11.1 Å². The zero-order valence-corrected chi connectivity index (χ0v) is 11.8. The van der Waals surface area contributed by atoms with Crippen molar-refractivity contribution in [1.82, 2.24) is 9.80 Å². The van der Waals surface area contributed by atoms with E-state index in [1.807, 2.05) is 6.07 Å². The van der Waals surface area contributed by atoms with Gasteiger partial charge in [0.25, 0.3) is 0 Å². The lowest BCUT2D eigenvalue weighted by molar-refractivity contribution is 0.0735. The largest absolute Gasteiger partial charge is 0.388 e. The van der Waals surface area contributed by atoms with Gasteiger partial charge in [-0.15, -0.1) is 0 Å². The first-order chi connectivity index (χ1) is 9.08. The minimum Gasteiger partial charge on any atom is -0.388 e. The van der Waals surface area contributed by atoms with Crippen LogP contribution in [0.25, 0.3) is 0 Å². The van der Waals surface area contributed by atoms with Crippen LogP contribution < -0.4 is 5.73 Å². The zero-order valence-electron chi connectivity index (χ0n) is 11.8. The summed E-state index contributed by atoms with van der Waals surface area (Å²) >= 11 is 0. The molecule has 1 heterocycles. The fraction of sp³-hybridized carbons (Fsp3) is 0.533. The van der Waals surface area contributed by atoms with Gasteiger partial charge in [-0.1, -0.05) is 30.3 Å². The molecule has 1 saturated heterocycles. The Balaban J connectivity index is 2.16. The predicted molar refractivity (Wildman–Crippen MR) is 79.4 cm³/mol. The Hall–Kier alpha value is -1.39. The van der Waals surface area contributed by atoms with Crippen molar-refractivity contribution in [3.8, 4) is 0 Å². The summed E-state index contributed by atoms with van der Waals surface area (Å²) in [5, 5.41) is 7.62. The first kappa shape index (κ1) is 14.0. The van der Waals surface area contributed by atoms with Gasteiger partial charge in [0, 0.05) is 38.1 Å². The average Bonchev–Trinajstić information content (AvgIpc) is 2.40. The molecule has 2 unspecified atom stereocenters. The van der Waals surface area contributed by atoms with Crippen LogP contribution in [0.5, 0.6) is 0 Å². The van der Waals surface area contributed by atoms with Crippen molar-refractivity contribution in [3.63, 3.8) is 0 Å². The number of likely N-dealkylation sites (N-methyl/N-ethyl adjacent to an activating group) is 1. The Kier molecular flexibility index (Phi) is 4.56. The standard InChI is InChI=1S/C15H24N4/c1-12-11-19(9-8-18(12)2)14(10-15(16)17)13-6-4-3-5-7-13/h3-7,12,14H,8-11H2,1-2H3,(H3,16,17). The number of benzene rings is 1. The highest BCUT2D eigenvalue weighted by atomic mass is 15.3. The van der Waals surface area contributed by atoms with Crippen LogP contribution in [-0.2, 0) is 0 Å². The van der Waals surface area contributed by atoms with Gasteiger partial charge in [0.15, 0.2) is 0 Å². The lowest BCUT2D eigenvalue weighted by Gasteiger charge is -2.42. The van der Waals surface area contributed by atoms with Crippen molar-refractivity contribution in [3.05, 3.63) is 35.9 Å². The van der Waals surface area contributed by atoms with E-state index in [-0.39, 0.29) is 11.9 Å². The van der Waals surface area contributed by atoms with E-state index in [1.54, 1.807) is 0 Å². The summed E-state index contributed by atoms with van der Waals surface area (Å²) in [5.41, 5.74) is 6.90. The second-order valence-electron chi connectivity index (χ2n) is 5.48. The number of hydrogen-bond acceptors (Lipinski definition) is 3. The predicted octanol–water partition coefficient (Wildman–Crippen LogP) is 1.69. The molecule has 1 fully saturated rings. The first-order valence-corrected chi connectivity index (χ1v) is 6.90. The molecule has 0 bridgehead atoms. The van der Waals surface area contributed by atoms with E-state index in [1.165, 1.54) is 5.56 Å². The number of nitrogens with two attached hydrogens (primary N) is 1. The molecule has 1 aliphatic heterocycles. The molecular weight excluding hydrogens is 236 g/mol. The monoisotopic (exact) mass is 260 g/mol. The second kappa shape index (κ2) is 6.17. The van der Waals surface area contributed by atoms with E-state index >= 15 is 0 Å². The molecule has 104 valence electrons. The van der Waals surface area contributed by atoms with Gasteiger partial charge in [0.2, 0.25) is 0 Å². The topological polar surface area (TPSA) is 56.4 Å². The Labute approximate surface area is 115 Å². The van der Waals surface area contributed by atoms with Crippen molar-refractivity contribution in [2.24, 2.45) is 5.73 Å². The van der Waals surface area contributed by atoms with Gasteiger partial charge in [0.1, 0.15) is 0 Å². The fourth-order valence-electron chi connectivity index (χ4n) is 2.70. The van der Waals surface area contributed by atoms with Gasteiger partial charge in [-0.25, -0.2) is 0 Å². The van der Waals surface area contributed by atoms with Crippen molar-refractivity contribution in [2.75, 3.05) is 26.7 Å².